The van der Waals surface area contributed by atoms with Gasteiger partial charge in [0.1, 0.15) is 0 Å². The van der Waals surface area contributed by atoms with Crippen molar-refractivity contribution in [1.29, 1.82) is 0 Å². The zero-order valence-corrected chi connectivity index (χ0v) is 8.78. The number of carbonyl (C=O) groups excluding carboxylic acids is 3. The van der Waals surface area contributed by atoms with Crippen molar-refractivity contribution in [1.82, 2.24) is 5.06 Å². The quantitative estimate of drug-likeness (QED) is 0.629. The fourth-order valence-electron chi connectivity index (χ4n) is 1.68. The van der Waals surface area contributed by atoms with E-state index >= 15 is 0 Å². The molecule has 1 heterocycles. The molecule has 5 heteroatoms. The van der Waals surface area contributed by atoms with Gasteiger partial charge in [0.05, 0.1) is 5.92 Å². The number of hydrogen-bond donors (Lipinski definition) is 0. The fraction of sp³-hybridized carbons (Fsp3) is 0.700. The second-order valence-corrected chi connectivity index (χ2v) is 4.74. The second kappa shape index (κ2) is 3.05. The van der Waals surface area contributed by atoms with E-state index in [1.165, 1.54) is 0 Å². The Morgan fingerprint density at radius 1 is 1.33 bits per heavy atom. The Kier molecular flexibility index (Phi) is 2.06. The molecule has 0 N–H and O–H groups in total. The zero-order valence-electron chi connectivity index (χ0n) is 8.78. The van der Waals surface area contributed by atoms with Crippen molar-refractivity contribution in [2.45, 2.75) is 33.1 Å². The van der Waals surface area contributed by atoms with Gasteiger partial charge in [0.15, 0.2) is 0 Å². The number of hydroxylamine groups is 2. The Labute approximate surface area is 87.3 Å². The molecule has 15 heavy (non-hydrogen) atoms. The van der Waals surface area contributed by atoms with Crippen LogP contribution in [0.15, 0.2) is 0 Å². The van der Waals surface area contributed by atoms with Crippen molar-refractivity contribution in [3.63, 3.8) is 0 Å². The lowest BCUT2D eigenvalue weighted by Gasteiger charge is -2.12. The van der Waals surface area contributed by atoms with Gasteiger partial charge in [-0.2, -0.15) is 0 Å². The number of amides is 2. The summed E-state index contributed by atoms with van der Waals surface area (Å²) in [4.78, 5) is 38.6. The van der Waals surface area contributed by atoms with Gasteiger partial charge >= 0.3 is 5.97 Å². The van der Waals surface area contributed by atoms with Crippen molar-refractivity contribution in [3.05, 3.63) is 0 Å². The van der Waals surface area contributed by atoms with E-state index in [-0.39, 0.29) is 24.2 Å². The molecular weight excluding hydrogens is 198 g/mol. The summed E-state index contributed by atoms with van der Waals surface area (Å²) >= 11 is 0. The van der Waals surface area contributed by atoms with E-state index in [0.29, 0.717) is 5.06 Å². The maximum atomic E-state index is 11.5. The summed E-state index contributed by atoms with van der Waals surface area (Å²) in [5.41, 5.74) is -0.0527. The molecule has 2 aliphatic rings. The molecule has 5 nitrogen and oxygen atoms in total. The highest BCUT2D eigenvalue weighted by Crippen LogP contribution is 2.52. The highest BCUT2D eigenvalue weighted by atomic mass is 16.7. The molecule has 0 unspecified atom stereocenters. The highest BCUT2D eigenvalue weighted by Gasteiger charge is 2.53. The Hall–Kier alpha value is -1.39. The van der Waals surface area contributed by atoms with E-state index in [4.69, 9.17) is 4.84 Å². The summed E-state index contributed by atoms with van der Waals surface area (Å²) in [5, 5.41) is 0.608. The van der Waals surface area contributed by atoms with Crippen LogP contribution in [-0.2, 0) is 19.2 Å². The minimum atomic E-state index is -0.469. The molecule has 0 radical (unpaired) electrons. The third kappa shape index (κ3) is 1.73. The van der Waals surface area contributed by atoms with Crippen LogP contribution in [0.3, 0.4) is 0 Å². The van der Waals surface area contributed by atoms with E-state index in [9.17, 15) is 14.4 Å². The molecule has 0 aromatic carbocycles. The van der Waals surface area contributed by atoms with Crippen LogP contribution in [0.2, 0.25) is 0 Å². The van der Waals surface area contributed by atoms with Crippen LogP contribution in [-0.4, -0.2) is 22.8 Å². The fourth-order valence-corrected chi connectivity index (χ4v) is 1.68. The predicted octanol–water partition coefficient (Wildman–Crippen LogP) is 0.640. The van der Waals surface area contributed by atoms with Crippen molar-refractivity contribution in [2.24, 2.45) is 11.3 Å². The highest BCUT2D eigenvalue weighted by molar-refractivity contribution is 6.01. The maximum absolute atomic E-state index is 11.5. The second-order valence-electron chi connectivity index (χ2n) is 4.74. The Morgan fingerprint density at radius 3 is 2.20 bits per heavy atom. The Balaban J connectivity index is 1.95. The lowest BCUT2D eigenvalue weighted by Crippen LogP contribution is -2.33. The molecule has 1 saturated heterocycles. The van der Waals surface area contributed by atoms with Gasteiger partial charge in [-0.15, -0.1) is 5.06 Å². The lowest BCUT2D eigenvalue weighted by molar-refractivity contribution is -0.199. The first kappa shape index (κ1) is 10.1. The Bertz CT molecular complexity index is 331. The van der Waals surface area contributed by atoms with Gasteiger partial charge in [-0.05, 0) is 11.8 Å². The first-order valence-electron chi connectivity index (χ1n) is 4.99. The first-order chi connectivity index (χ1) is 6.92. The molecule has 1 aliphatic heterocycles. The number of nitrogens with zero attached hydrogens (tertiary/aromatic N) is 1. The average molecular weight is 211 g/mol. The topological polar surface area (TPSA) is 63.7 Å². The van der Waals surface area contributed by atoms with Crippen LogP contribution >= 0.6 is 0 Å². The third-order valence-electron chi connectivity index (χ3n) is 2.98. The summed E-state index contributed by atoms with van der Waals surface area (Å²) < 4.78 is 0. The van der Waals surface area contributed by atoms with Gasteiger partial charge in [0.2, 0.25) is 0 Å². The van der Waals surface area contributed by atoms with E-state index in [1.54, 1.807) is 0 Å². The van der Waals surface area contributed by atoms with Gasteiger partial charge in [0.25, 0.3) is 11.8 Å². The van der Waals surface area contributed by atoms with Crippen molar-refractivity contribution in [3.8, 4) is 0 Å². The van der Waals surface area contributed by atoms with Gasteiger partial charge in [0, 0.05) is 12.8 Å². The molecule has 0 aromatic rings. The summed E-state index contributed by atoms with van der Waals surface area (Å²) in [6.07, 6.45) is 1.03. The molecule has 2 fully saturated rings. The van der Waals surface area contributed by atoms with Crippen molar-refractivity contribution >= 4 is 17.8 Å². The molecule has 0 aromatic heterocycles. The molecule has 0 spiro atoms. The van der Waals surface area contributed by atoms with Crippen LogP contribution in [0.25, 0.3) is 0 Å². The van der Waals surface area contributed by atoms with Crippen LogP contribution in [0.4, 0.5) is 0 Å². The van der Waals surface area contributed by atoms with Crippen molar-refractivity contribution < 1.29 is 19.2 Å². The molecule has 2 rings (SSSR count). The number of hydrogen-bond acceptors (Lipinski definition) is 4. The van der Waals surface area contributed by atoms with Gasteiger partial charge in [-0.1, -0.05) is 13.8 Å². The first-order valence-corrected chi connectivity index (χ1v) is 4.99. The Morgan fingerprint density at radius 2 is 1.80 bits per heavy atom. The van der Waals surface area contributed by atoms with Gasteiger partial charge < -0.3 is 4.84 Å². The summed E-state index contributed by atoms with van der Waals surface area (Å²) in [5.74, 6) is -1.50. The zero-order chi connectivity index (χ0) is 11.2. The number of rotatable bonds is 2. The van der Waals surface area contributed by atoms with Crippen LogP contribution in [0.5, 0.6) is 0 Å². The predicted molar refractivity (Wildman–Crippen MR) is 49.1 cm³/mol. The number of imide groups is 1. The minimum Gasteiger partial charge on any atom is -0.330 e. The summed E-state index contributed by atoms with van der Waals surface area (Å²) in [6.45, 7) is 3.90. The van der Waals surface area contributed by atoms with E-state index in [2.05, 4.69) is 0 Å². The molecule has 1 aliphatic carbocycles. The molecular formula is C10H13NO4. The standard InChI is InChI=1S/C10H13NO4/c1-10(2)5-6(10)9(14)15-11-7(12)3-4-8(11)13/h6H,3-5H2,1-2H3/t6-/m1/s1. The normalized spacial score (nSPS) is 28.1. The molecule has 1 saturated carbocycles. The average Bonchev–Trinajstić information content (AvgIpc) is 2.69. The van der Waals surface area contributed by atoms with Crippen LogP contribution in [0.1, 0.15) is 33.1 Å². The summed E-state index contributed by atoms with van der Waals surface area (Å²) in [6, 6.07) is 0. The SMILES string of the molecule is CC1(C)C[C@@H]1C(=O)ON1C(=O)CCC1=O. The molecule has 2 amide bonds. The van der Waals surface area contributed by atoms with E-state index in [0.717, 1.165) is 6.42 Å². The minimum absolute atomic E-state index is 0.0527. The third-order valence-corrected chi connectivity index (χ3v) is 2.98. The number of carbonyl (C=O) groups is 3. The monoisotopic (exact) mass is 211 g/mol. The van der Waals surface area contributed by atoms with E-state index in [1.807, 2.05) is 13.8 Å². The molecule has 1 atom stereocenters. The van der Waals surface area contributed by atoms with E-state index < -0.39 is 17.8 Å². The van der Waals surface area contributed by atoms with Gasteiger partial charge in [-0.25, -0.2) is 4.79 Å². The van der Waals surface area contributed by atoms with Crippen molar-refractivity contribution in [2.75, 3.05) is 0 Å². The lowest BCUT2D eigenvalue weighted by atomic mass is 10.1. The van der Waals surface area contributed by atoms with Crippen LogP contribution < -0.4 is 0 Å². The van der Waals surface area contributed by atoms with Gasteiger partial charge in [-0.3, -0.25) is 9.59 Å². The molecule has 0 bridgehead atoms. The summed E-state index contributed by atoms with van der Waals surface area (Å²) in [7, 11) is 0. The van der Waals surface area contributed by atoms with Crippen LogP contribution in [0, 0.1) is 11.3 Å². The maximum Gasteiger partial charge on any atom is 0.336 e. The largest absolute Gasteiger partial charge is 0.336 e. The molecule has 82 valence electrons. The smallest absolute Gasteiger partial charge is 0.330 e.